The number of pyridine rings is 2. The Morgan fingerprint density at radius 2 is 2.07 bits per heavy atom. The van der Waals surface area contributed by atoms with Gasteiger partial charge in [0.05, 0.1) is 35.5 Å². The normalized spacial score (nSPS) is 10.9. The summed E-state index contributed by atoms with van der Waals surface area (Å²) in [6, 6.07) is 7.32. The Morgan fingerprint density at radius 1 is 1.27 bits per heavy atom. The third kappa shape index (κ3) is 4.33. The summed E-state index contributed by atoms with van der Waals surface area (Å²) in [5, 5.41) is 9.48. The van der Waals surface area contributed by atoms with E-state index >= 15 is 0 Å². The molecule has 0 saturated carbocycles. The molecule has 0 radical (unpaired) electrons. The van der Waals surface area contributed by atoms with Crippen molar-refractivity contribution in [2.45, 2.75) is 26.2 Å². The van der Waals surface area contributed by atoms with Crippen LogP contribution in [0.15, 0.2) is 43.0 Å². The molecule has 3 aromatic heterocycles. The molecule has 9 heteroatoms. The van der Waals surface area contributed by atoms with Gasteiger partial charge in [0.2, 0.25) is 0 Å². The first-order valence-corrected chi connectivity index (χ1v) is 9.15. The molecule has 0 bridgehead atoms. The van der Waals surface area contributed by atoms with Crippen molar-refractivity contribution in [2.75, 3.05) is 6.61 Å². The molecule has 0 aliphatic carbocycles. The van der Waals surface area contributed by atoms with Crippen LogP contribution >= 0.6 is 0 Å². The number of amides is 1. The van der Waals surface area contributed by atoms with Crippen LogP contribution < -0.4 is 15.2 Å². The van der Waals surface area contributed by atoms with Crippen molar-refractivity contribution in [3.05, 3.63) is 54.2 Å². The van der Waals surface area contributed by atoms with Crippen LogP contribution in [0.4, 0.5) is 0 Å². The van der Waals surface area contributed by atoms with Crippen LogP contribution in [0, 0.1) is 11.3 Å². The Labute approximate surface area is 173 Å². The molecular formula is C21H20N6O3. The zero-order chi connectivity index (χ0) is 21.7. The second-order valence-electron chi connectivity index (χ2n) is 6.81. The fraction of sp³-hybridized carbons (Fsp3) is 0.238. The summed E-state index contributed by atoms with van der Waals surface area (Å²) in [4.78, 5) is 28.8. The fourth-order valence-electron chi connectivity index (χ4n) is 2.66. The molecule has 0 saturated heterocycles. The smallest absolute Gasteiger partial charge is 0.262 e. The number of hydrogen-bond donors (Lipinski definition) is 1. The molecule has 2 N–H and O–H groups in total. The topological polar surface area (TPSA) is 137 Å². The van der Waals surface area contributed by atoms with Gasteiger partial charge in [-0.05, 0) is 39.0 Å². The maximum absolute atomic E-state index is 11.8. The lowest BCUT2D eigenvalue weighted by molar-refractivity contribution is 0.0997. The highest BCUT2D eigenvalue weighted by Crippen LogP contribution is 2.31. The molecular weight excluding hydrogens is 384 g/mol. The third-order valence-electron chi connectivity index (χ3n) is 4.15. The first kappa shape index (κ1) is 20.7. The number of nitriles is 1. The van der Waals surface area contributed by atoms with E-state index in [1.165, 1.54) is 12.4 Å². The molecule has 0 spiro atoms. The van der Waals surface area contributed by atoms with Gasteiger partial charge in [-0.3, -0.25) is 9.78 Å². The van der Waals surface area contributed by atoms with Gasteiger partial charge in [0, 0.05) is 24.2 Å². The standard InChI is InChI=1S/C21H20N6O3/c1-4-29-16-6-5-7-25-20(16)30-14-8-13(9-24-10-14)19-26-11-15(18(23)28)17(27-19)21(2,3)12-22/h5-11H,4H2,1-3H3,(H2,23,28). The monoisotopic (exact) mass is 404 g/mol. The summed E-state index contributed by atoms with van der Waals surface area (Å²) < 4.78 is 11.3. The lowest BCUT2D eigenvalue weighted by Gasteiger charge is -2.18. The van der Waals surface area contributed by atoms with Crippen LogP contribution in [-0.4, -0.2) is 32.4 Å². The molecule has 3 heterocycles. The maximum Gasteiger partial charge on any atom is 0.262 e. The molecule has 0 fully saturated rings. The van der Waals surface area contributed by atoms with Gasteiger partial charge in [-0.15, -0.1) is 0 Å². The third-order valence-corrected chi connectivity index (χ3v) is 4.15. The van der Waals surface area contributed by atoms with E-state index in [0.29, 0.717) is 29.5 Å². The zero-order valence-electron chi connectivity index (χ0n) is 16.8. The second kappa shape index (κ2) is 8.53. The van der Waals surface area contributed by atoms with Crippen LogP contribution in [0.3, 0.4) is 0 Å². The Balaban J connectivity index is 2.00. The predicted molar refractivity (Wildman–Crippen MR) is 108 cm³/mol. The van der Waals surface area contributed by atoms with E-state index in [4.69, 9.17) is 15.2 Å². The summed E-state index contributed by atoms with van der Waals surface area (Å²) in [7, 11) is 0. The molecule has 3 aromatic rings. The van der Waals surface area contributed by atoms with E-state index in [9.17, 15) is 10.1 Å². The van der Waals surface area contributed by atoms with E-state index < -0.39 is 11.3 Å². The molecule has 3 rings (SSSR count). The minimum Gasteiger partial charge on any atom is -0.488 e. The van der Waals surface area contributed by atoms with Gasteiger partial charge in [0.15, 0.2) is 11.6 Å². The average Bonchev–Trinajstić information content (AvgIpc) is 2.75. The highest BCUT2D eigenvalue weighted by molar-refractivity contribution is 5.94. The number of rotatable bonds is 7. The zero-order valence-corrected chi connectivity index (χ0v) is 16.8. The van der Waals surface area contributed by atoms with Crippen molar-refractivity contribution >= 4 is 5.91 Å². The molecule has 0 atom stereocenters. The van der Waals surface area contributed by atoms with E-state index in [-0.39, 0.29) is 17.1 Å². The van der Waals surface area contributed by atoms with Gasteiger partial charge in [-0.2, -0.15) is 5.26 Å². The number of carbonyl (C=O) groups excluding carboxylic acids is 1. The minimum absolute atomic E-state index is 0.0977. The van der Waals surface area contributed by atoms with Gasteiger partial charge in [0.1, 0.15) is 5.75 Å². The number of carbonyl (C=O) groups is 1. The largest absolute Gasteiger partial charge is 0.488 e. The van der Waals surface area contributed by atoms with E-state index in [0.717, 1.165) is 0 Å². The highest BCUT2D eigenvalue weighted by Gasteiger charge is 2.28. The van der Waals surface area contributed by atoms with Crippen molar-refractivity contribution in [1.29, 1.82) is 5.26 Å². The first-order chi connectivity index (χ1) is 14.4. The van der Waals surface area contributed by atoms with Crippen molar-refractivity contribution < 1.29 is 14.3 Å². The number of nitrogens with zero attached hydrogens (tertiary/aromatic N) is 5. The highest BCUT2D eigenvalue weighted by atomic mass is 16.5. The Morgan fingerprint density at radius 3 is 2.77 bits per heavy atom. The number of hydrogen-bond acceptors (Lipinski definition) is 8. The van der Waals surface area contributed by atoms with Crippen LogP contribution in [0.5, 0.6) is 17.4 Å². The lowest BCUT2D eigenvalue weighted by Crippen LogP contribution is -2.25. The van der Waals surface area contributed by atoms with Crippen molar-refractivity contribution in [3.8, 4) is 34.8 Å². The van der Waals surface area contributed by atoms with Gasteiger partial charge < -0.3 is 15.2 Å². The maximum atomic E-state index is 11.8. The number of primary amides is 1. The SMILES string of the molecule is CCOc1cccnc1Oc1cncc(-c2ncc(C(N)=O)c(C(C)(C)C#N)n2)c1. The van der Waals surface area contributed by atoms with Crippen LogP contribution in [0.25, 0.3) is 11.4 Å². The van der Waals surface area contributed by atoms with Gasteiger partial charge in [0.25, 0.3) is 11.8 Å². The van der Waals surface area contributed by atoms with E-state index in [2.05, 4.69) is 26.0 Å². The summed E-state index contributed by atoms with van der Waals surface area (Å²) in [6.45, 7) is 5.64. The predicted octanol–water partition coefficient (Wildman–Crippen LogP) is 3.02. The van der Waals surface area contributed by atoms with E-state index in [1.54, 1.807) is 44.4 Å². The van der Waals surface area contributed by atoms with Crippen molar-refractivity contribution in [2.24, 2.45) is 5.73 Å². The Bertz CT molecular complexity index is 1120. The molecule has 0 unspecified atom stereocenters. The van der Waals surface area contributed by atoms with Crippen LogP contribution in [0.1, 0.15) is 36.8 Å². The molecule has 0 aromatic carbocycles. The molecule has 30 heavy (non-hydrogen) atoms. The minimum atomic E-state index is -1.04. The van der Waals surface area contributed by atoms with E-state index in [1.807, 2.05) is 6.92 Å². The fourth-order valence-corrected chi connectivity index (χ4v) is 2.66. The summed E-state index contributed by atoms with van der Waals surface area (Å²) in [6.07, 6.45) is 5.98. The molecule has 1 amide bonds. The molecule has 0 aliphatic rings. The summed E-state index contributed by atoms with van der Waals surface area (Å²) >= 11 is 0. The average molecular weight is 404 g/mol. The van der Waals surface area contributed by atoms with Crippen LogP contribution in [0.2, 0.25) is 0 Å². The number of aromatic nitrogens is 4. The summed E-state index contributed by atoms with van der Waals surface area (Å²) in [5.41, 5.74) is 5.27. The quantitative estimate of drug-likeness (QED) is 0.634. The molecule has 9 nitrogen and oxygen atoms in total. The second-order valence-corrected chi connectivity index (χ2v) is 6.81. The first-order valence-electron chi connectivity index (χ1n) is 9.15. The Hall–Kier alpha value is -4.06. The van der Waals surface area contributed by atoms with Crippen molar-refractivity contribution in [1.82, 2.24) is 19.9 Å². The summed E-state index contributed by atoms with van der Waals surface area (Å²) in [5.74, 6) is 0.784. The van der Waals surface area contributed by atoms with Gasteiger partial charge in [-0.1, -0.05) is 0 Å². The molecule has 152 valence electrons. The lowest BCUT2D eigenvalue weighted by atomic mass is 9.88. The Kier molecular flexibility index (Phi) is 5.88. The number of nitrogens with two attached hydrogens (primary N) is 1. The number of ether oxygens (including phenoxy) is 2. The van der Waals surface area contributed by atoms with Gasteiger partial charge >= 0.3 is 0 Å². The van der Waals surface area contributed by atoms with Gasteiger partial charge in [-0.25, -0.2) is 15.0 Å². The van der Waals surface area contributed by atoms with Crippen LogP contribution in [-0.2, 0) is 5.41 Å². The molecule has 0 aliphatic heterocycles. The van der Waals surface area contributed by atoms with Crippen molar-refractivity contribution in [3.63, 3.8) is 0 Å².